The molecule has 3 fully saturated rings. The Morgan fingerprint density at radius 1 is 1.50 bits per heavy atom. The molecule has 3 saturated heterocycles. The lowest BCUT2D eigenvalue weighted by molar-refractivity contribution is -0.0907. The number of rotatable bonds is 2. The fraction of sp³-hybridized carbons (Fsp3) is 1.00. The van der Waals surface area contributed by atoms with Crippen LogP contribution in [0.15, 0.2) is 0 Å². The van der Waals surface area contributed by atoms with E-state index >= 15 is 0 Å². The predicted octanol–water partition coefficient (Wildman–Crippen LogP) is 1.71. The van der Waals surface area contributed by atoms with Crippen molar-refractivity contribution in [2.75, 3.05) is 31.2 Å². The highest BCUT2D eigenvalue weighted by Gasteiger charge is 2.44. The maximum absolute atomic E-state index is 6.13. The highest BCUT2D eigenvalue weighted by atomic mass is 32.2. The zero-order valence-electron chi connectivity index (χ0n) is 11.4. The molecule has 3 aliphatic rings. The fourth-order valence-corrected chi connectivity index (χ4v) is 5.38. The minimum absolute atomic E-state index is 0.216. The van der Waals surface area contributed by atoms with Gasteiger partial charge in [-0.15, -0.1) is 0 Å². The van der Waals surface area contributed by atoms with Crippen molar-refractivity contribution in [2.45, 2.75) is 50.3 Å². The number of hydrogen-bond donors (Lipinski definition) is 1. The largest absolute Gasteiger partial charge is 0.374 e. The molecular formula is C14H26N2OS. The van der Waals surface area contributed by atoms with E-state index < -0.39 is 0 Å². The van der Waals surface area contributed by atoms with Crippen LogP contribution in [0.1, 0.15) is 32.6 Å². The van der Waals surface area contributed by atoms with Crippen LogP contribution < -0.4 is 5.73 Å². The second kappa shape index (κ2) is 5.31. The molecule has 0 amide bonds. The summed E-state index contributed by atoms with van der Waals surface area (Å²) in [5, 5.41) is 0. The average Bonchev–Trinajstić information content (AvgIpc) is 2.97. The van der Waals surface area contributed by atoms with Gasteiger partial charge in [0.05, 0.1) is 5.60 Å². The molecule has 3 nitrogen and oxygen atoms in total. The third-order valence-corrected chi connectivity index (χ3v) is 6.27. The van der Waals surface area contributed by atoms with Crippen molar-refractivity contribution in [2.24, 2.45) is 11.7 Å². The lowest BCUT2D eigenvalue weighted by Gasteiger charge is -2.43. The zero-order valence-corrected chi connectivity index (χ0v) is 12.3. The lowest BCUT2D eigenvalue weighted by atomic mass is 9.89. The highest BCUT2D eigenvalue weighted by molar-refractivity contribution is 7.99. The molecule has 0 aromatic rings. The Hall–Kier alpha value is 0.230. The first-order valence-corrected chi connectivity index (χ1v) is 8.55. The first-order valence-electron chi connectivity index (χ1n) is 7.40. The second-order valence-corrected chi connectivity index (χ2v) is 7.47. The fourth-order valence-electron chi connectivity index (χ4n) is 4.00. The van der Waals surface area contributed by atoms with Crippen molar-refractivity contribution in [1.29, 1.82) is 0 Å². The molecule has 3 aliphatic heterocycles. The Morgan fingerprint density at radius 2 is 2.39 bits per heavy atom. The first-order chi connectivity index (χ1) is 8.72. The second-order valence-electron chi connectivity index (χ2n) is 6.36. The third-order valence-electron chi connectivity index (χ3n) is 5.05. The van der Waals surface area contributed by atoms with Gasteiger partial charge in [-0.2, -0.15) is 11.8 Å². The van der Waals surface area contributed by atoms with Crippen LogP contribution in [0.3, 0.4) is 0 Å². The van der Waals surface area contributed by atoms with Crippen molar-refractivity contribution < 1.29 is 4.74 Å². The molecule has 0 saturated carbocycles. The topological polar surface area (TPSA) is 38.5 Å². The maximum atomic E-state index is 6.13. The molecule has 0 aliphatic carbocycles. The molecule has 4 atom stereocenters. The standard InChI is InChI=1S/C14H26N2OS/c1-11-6-12(8-15)9-16(11)13-2-4-17-14(7-13)3-5-18-10-14/h11-13H,2-10,15H2,1H3. The normalized spacial score (nSPS) is 46.0. The molecule has 3 rings (SSSR count). The van der Waals surface area contributed by atoms with E-state index in [1.165, 1.54) is 43.7 Å². The molecule has 0 bridgehead atoms. The van der Waals surface area contributed by atoms with Gasteiger partial charge in [0.2, 0.25) is 0 Å². The van der Waals surface area contributed by atoms with Crippen LogP contribution in [0.2, 0.25) is 0 Å². The van der Waals surface area contributed by atoms with Crippen LogP contribution in [0.5, 0.6) is 0 Å². The molecular weight excluding hydrogens is 244 g/mol. The van der Waals surface area contributed by atoms with Gasteiger partial charge in [-0.25, -0.2) is 0 Å². The van der Waals surface area contributed by atoms with Gasteiger partial charge in [-0.3, -0.25) is 4.90 Å². The number of nitrogens with two attached hydrogens (primary N) is 1. The van der Waals surface area contributed by atoms with E-state index in [4.69, 9.17) is 10.5 Å². The molecule has 0 radical (unpaired) electrons. The zero-order chi connectivity index (χ0) is 12.6. The first kappa shape index (κ1) is 13.2. The van der Waals surface area contributed by atoms with Gasteiger partial charge in [0, 0.05) is 31.0 Å². The molecule has 4 heteroatoms. The Balaban J connectivity index is 1.65. The van der Waals surface area contributed by atoms with Crippen molar-refractivity contribution in [3.63, 3.8) is 0 Å². The summed E-state index contributed by atoms with van der Waals surface area (Å²) >= 11 is 2.07. The highest BCUT2D eigenvalue weighted by Crippen LogP contribution is 2.41. The molecule has 0 aromatic heterocycles. The van der Waals surface area contributed by atoms with Gasteiger partial charge in [0.25, 0.3) is 0 Å². The van der Waals surface area contributed by atoms with Crippen molar-refractivity contribution in [3.05, 3.63) is 0 Å². The summed E-state index contributed by atoms with van der Waals surface area (Å²) in [7, 11) is 0. The van der Waals surface area contributed by atoms with Crippen LogP contribution in [-0.4, -0.2) is 53.8 Å². The quantitative estimate of drug-likeness (QED) is 0.829. The number of hydrogen-bond acceptors (Lipinski definition) is 4. The van der Waals surface area contributed by atoms with E-state index in [1.807, 2.05) is 0 Å². The average molecular weight is 270 g/mol. The maximum Gasteiger partial charge on any atom is 0.0795 e. The Morgan fingerprint density at radius 3 is 3.06 bits per heavy atom. The van der Waals surface area contributed by atoms with Crippen LogP contribution in [-0.2, 0) is 4.74 Å². The van der Waals surface area contributed by atoms with Crippen molar-refractivity contribution in [3.8, 4) is 0 Å². The predicted molar refractivity (Wildman–Crippen MR) is 77.0 cm³/mol. The van der Waals surface area contributed by atoms with Crippen LogP contribution in [0.25, 0.3) is 0 Å². The summed E-state index contributed by atoms with van der Waals surface area (Å²) in [4.78, 5) is 2.73. The number of ether oxygens (including phenoxy) is 1. The molecule has 4 unspecified atom stereocenters. The summed E-state index contributed by atoms with van der Waals surface area (Å²) < 4.78 is 6.13. The van der Waals surface area contributed by atoms with Gasteiger partial charge < -0.3 is 10.5 Å². The van der Waals surface area contributed by atoms with Crippen molar-refractivity contribution >= 4 is 11.8 Å². The van der Waals surface area contributed by atoms with Gasteiger partial charge >= 0.3 is 0 Å². The minimum Gasteiger partial charge on any atom is -0.374 e. The van der Waals surface area contributed by atoms with Gasteiger partial charge in [0.15, 0.2) is 0 Å². The number of nitrogens with zero attached hydrogens (tertiary/aromatic N) is 1. The van der Waals surface area contributed by atoms with Gasteiger partial charge in [-0.05, 0) is 50.8 Å². The summed E-state index contributed by atoms with van der Waals surface area (Å²) in [6.07, 6.45) is 5.02. The minimum atomic E-state index is 0.216. The molecule has 104 valence electrons. The smallest absolute Gasteiger partial charge is 0.0795 e. The lowest BCUT2D eigenvalue weighted by Crippen LogP contribution is -2.50. The van der Waals surface area contributed by atoms with Gasteiger partial charge in [-0.1, -0.05) is 0 Å². The van der Waals surface area contributed by atoms with E-state index in [0.29, 0.717) is 6.04 Å². The molecule has 18 heavy (non-hydrogen) atoms. The molecule has 2 N–H and O–H groups in total. The summed E-state index contributed by atoms with van der Waals surface area (Å²) in [6.45, 7) is 5.40. The monoisotopic (exact) mass is 270 g/mol. The summed E-state index contributed by atoms with van der Waals surface area (Å²) in [6, 6.07) is 1.46. The Kier molecular flexibility index (Phi) is 3.90. The van der Waals surface area contributed by atoms with Crippen LogP contribution >= 0.6 is 11.8 Å². The van der Waals surface area contributed by atoms with Crippen LogP contribution in [0, 0.1) is 5.92 Å². The summed E-state index contributed by atoms with van der Waals surface area (Å²) in [5.41, 5.74) is 6.07. The Bertz CT molecular complexity index is 294. The van der Waals surface area contributed by atoms with Gasteiger partial charge in [0.1, 0.15) is 0 Å². The van der Waals surface area contributed by atoms with Crippen LogP contribution in [0.4, 0.5) is 0 Å². The number of thioether (sulfide) groups is 1. The van der Waals surface area contributed by atoms with E-state index in [1.54, 1.807) is 0 Å². The van der Waals surface area contributed by atoms with E-state index in [9.17, 15) is 0 Å². The molecule has 1 spiro atoms. The van der Waals surface area contributed by atoms with E-state index in [-0.39, 0.29) is 5.60 Å². The number of likely N-dealkylation sites (tertiary alicyclic amines) is 1. The Labute approximate surface area is 115 Å². The SMILES string of the molecule is CC1CC(CN)CN1C1CCOC2(CCSC2)C1. The van der Waals surface area contributed by atoms with E-state index in [0.717, 1.165) is 25.1 Å². The van der Waals surface area contributed by atoms with E-state index in [2.05, 4.69) is 23.6 Å². The van der Waals surface area contributed by atoms with Crippen molar-refractivity contribution in [1.82, 2.24) is 4.90 Å². The molecule has 0 aromatic carbocycles. The third kappa shape index (κ3) is 2.45. The molecule has 3 heterocycles. The summed E-state index contributed by atoms with van der Waals surface area (Å²) in [5.74, 6) is 3.22.